The predicted molar refractivity (Wildman–Crippen MR) is 71.1 cm³/mol. The first-order valence-corrected chi connectivity index (χ1v) is 7.06. The standard InChI is InChI=1S/C12H20BrN3O/c1-3-16-10(12(13)8(2)15-16)7-11(17)9-5-4-6-14-9/h9,11,14,17H,3-7H2,1-2H3. The summed E-state index contributed by atoms with van der Waals surface area (Å²) in [4.78, 5) is 0. The third kappa shape index (κ3) is 2.72. The van der Waals surface area contributed by atoms with Crippen molar-refractivity contribution < 1.29 is 5.11 Å². The van der Waals surface area contributed by atoms with Gasteiger partial charge in [0, 0.05) is 19.0 Å². The maximum absolute atomic E-state index is 10.2. The van der Waals surface area contributed by atoms with Gasteiger partial charge in [-0.05, 0) is 49.2 Å². The van der Waals surface area contributed by atoms with Crippen LogP contribution in [0.3, 0.4) is 0 Å². The Labute approximate surface area is 111 Å². The molecule has 17 heavy (non-hydrogen) atoms. The summed E-state index contributed by atoms with van der Waals surface area (Å²) in [6, 6.07) is 0.238. The Balaban J connectivity index is 2.11. The molecule has 2 rings (SSSR count). The van der Waals surface area contributed by atoms with E-state index in [1.54, 1.807) is 0 Å². The molecule has 1 saturated heterocycles. The van der Waals surface area contributed by atoms with Crippen LogP contribution in [-0.2, 0) is 13.0 Å². The second kappa shape index (κ2) is 5.50. The number of rotatable bonds is 4. The van der Waals surface area contributed by atoms with Gasteiger partial charge in [-0.3, -0.25) is 4.68 Å². The van der Waals surface area contributed by atoms with E-state index >= 15 is 0 Å². The van der Waals surface area contributed by atoms with Crippen molar-refractivity contribution >= 4 is 15.9 Å². The summed E-state index contributed by atoms with van der Waals surface area (Å²) in [5, 5.41) is 18.0. The number of aromatic nitrogens is 2. The average Bonchev–Trinajstić information content (AvgIpc) is 2.92. The van der Waals surface area contributed by atoms with E-state index in [0.29, 0.717) is 6.42 Å². The lowest BCUT2D eigenvalue weighted by Crippen LogP contribution is -2.36. The van der Waals surface area contributed by atoms with Crippen LogP contribution < -0.4 is 5.32 Å². The monoisotopic (exact) mass is 301 g/mol. The van der Waals surface area contributed by atoms with Gasteiger partial charge >= 0.3 is 0 Å². The minimum Gasteiger partial charge on any atom is -0.391 e. The molecule has 1 aliphatic heterocycles. The fourth-order valence-electron chi connectivity index (χ4n) is 2.44. The van der Waals surface area contributed by atoms with Gasteiger partial charge in [0.25, 0.3) is 0 Å². The summed E-state index contributed by atoms with van der Waals surface area (Å²) in [5.74, 6) is 0. The first-order chi connectivity index (χ1) is 8.13. The van der Waals surface area contributed by atoms with Crippen molar-refractivity contribution in [3.63, 3.8) is 0 Å². The SMILES string of the molecule is CCn1nc(C)c(Br)c1CC(O)C1CCCN1. The molecular formula is C12H20BrN3O. The minimum absolute atomic E-state index is 0.238. The Morgan fingerprint density at radius 3 is 3.00 bits per heavy atom. The maximum Gasteiger partial charge on any atom is 0.0748 e. The molecule has 4 nitrogen and oxygen atoms in total. The third-order valence-corrected chi connectivity index (χ3v) is 4.45. The van der Waals surface area contributed by atoms with Crippen molar-refractivity contribution in [1.82, 2.24) is 15.1 Å². The first-order valence-electron chi connectivity index (χ1n) is 6.26. The van der Waals surface area contributed by atoms with Crippen LogP contribution in [0.5, 0.6) is 0 Å². The first kappa shape index (κ1) is 13.1. The zero-order valence-electron chi connectivity index (χ0n) is 10.4. The van der Waals surface area contributed by atoms with E-state index in [1.807, 2.05) is 11.6 Å². The maximum atomic E-state index is 10.2. The second-order valence-corrected chi connectivity index (χ2v) is 5.43. The molecule has 0 radical (unpaired) electrons. The number of aryl methyl sites for hydroxylation is 2. The molecule has 0 saturated carbocycles. The normalized spacial score (nSPS) is 22.0. The van der Waals surface area contributed by atoms with Crippen LogP contribution in [0.1, 0.15) is 31.2 Å². The molecule has 5 heteroatoms. The smallest absolute Gasteiger partial charge is 0.0748 e. The molecule has 0 spiro atoms. The number of nitrogens with zero attached hydrogens (tertiary/aromatic N) is 2. The molecule has 2 N–H and O–H groups in total. The van der Waals surface area contributed by atoms with E-state index in [2.05, 4.69) is 33.3 Å². The van der Waals surface area contributed by atoms with Gasteiger partial charge in [-0.15, -0.1) is 0 Å². The molecule has 2 unspecified atom stereocenters. The number of nitrogens with one attached hydrogen (secondary N) is 1. The predicted octanol–water partition coefficient (Wildman–Crippen LogP) is 1.63. The van der Waals surface area contributed by atoms with E-state index in [1.165, 1.54) is 0 Å². The van der Waals surface area contributed by atoms with Crippen LogP contribution >= 0.6 is 15.9 Å². The van der Waals surface area contributed by atoms with E-state index < -0.39 is 0 Å². The molecule has 1 aromatic heterocycles. The highest BCUT2D eigenvalue weighted by Crippen LogP contribution is 2.24. The van der Waals surface area contributed by atoms with Gasteiger partial charge in [0.15, 0.2) is 0 Å². The van der Waals surface area contributed by atoms with Gasteiger partial charge in [-0.2, -0.15) is 5.10 Å². The summed E-state index contributed by atoms with van der Waals surface area (Å²) in [6.07, 6.45) is 2.56. The molecule has 96 valence electrons. The van der Waals surface area contributed by atoms with Gasteiger partial charge in [0.2, 0.25) is 0 Å². The Morgan fingerprint density at radius 2 is 2.41 bits per heavy atom. The molecule has 1 aromatic rings. The second-order valence-electron chi connectivity index (χ2n) is 4.64. The molecular weight excluding hydrogens is 282 g/mol. The van der Waals surface area contributed by atoms with Crippen LogP contribution in [0.2, 0.25) is 0 Å². The number of aliphatic hydroxyl groups is 1. The van der Waals surface area contributed by atoms with Crippen molar-refractivity contribution in [1.29, 1.82) is 0 Å². The van der Waals surface area contributed by atoms with Gasteiger partial charge < -0.3 is 10.4 Å². The number of hydrogen-bond donors (Lipinski definition) is 2. The van der Waals surface area contributed by atoms with Gasteiger partial charge in [-0.25, -0.2) is 0 Å². The fraction of sp³-hybridized carbons (Fsp3) is 0.750. The van der Waals surface area contributed by atoms with Crippen molar-refractivity contribution in [2.75, 3.05) is 6.54 Å². The Kier molecular flexibility index (Phi) is 4.22. The fourth-order valence-corrected chi connectivity index (χ4v) is 2.89. The van der Waals surface area contributed by atoms with E-state index in [-0.39, 0.29) is 12.1 Å². The van der Waals surface area contributed by atoms with Crippen molar-refractivity contribution in [2.24, 2.45) is 0 Å². The summed E-state index contributed by atoms with van der Waals surface area (Å²) in [7, 11) is 0. The quantitative estimate of drug-likeness (QED) is 0.889. The van der Waals surface area contributed by atoms with Gasteiger partial charge in [0.1, 0.15) is 0 Å². The van der Waals surface area contributed by atoms with Crippen LogP contribution in [-0.4, -0.2) is 33.6 Å². The van der Waals surface area contributed by atoms with Crippen molar-refractivity contribution in [3.05, 3.63) is 15.9 Å². The van der Waals surface area contributed by atoms with Crippen molar-refractivity contribution in [3.8, 4) is 0 Å². The Morgan fingerprint density at radius 1 is 1.65 bits per heavy atom. The molecule has 0 aliphatic carbocycles. The largest absolute Gasteiger partial charge is 0.391 e. The van der Waals surface area contributed by atoms with E-state index in [4.69, 9.17) is 0 Å². The third-order valence-electron chi connectivity index (χ3n) is 3.42. The van der Waals surface area contributed by atoms with E-state index in [0.717, 1.165) is 41.8 Å². The highest BCUT2D eigenvalue weighted by Gasteiger charge is 2.25. The molecule has 2 atom stereocenters. The molecule has 1 aliphatic rings. The summed E-state index contributed by atoms with van der Waals surface area (Å²) in [6.45, 7) is 5.92. The summed E-state index contributed by atoms with van der Waals surface area (Å²) < 4.78 is 3.01. The molecule has 1 fully saturated rings. The summed E-state index contributed by atoms with van der Waals surface area (Å²) in [5.41, 5.74) is 2.10. The van der Waals surface area contributed by atoms with Crippen LogP contribution in [0, 0.1) is 6.92 Å². The Hall–Kier alpha value is -0.390. The highest BCUT2D eigenvalue weighted by molar-refractivity contribution is 9.10. The van der Waals surface area contributed by atoms with E-state index in [9.17, 15) is 5.11 Å². The Bertz CT molecular complexity index is 385. The molecule has 0 bridgehead atoms. The number of aliphatic hydroxyl groups excluding tert-OH is 1. The highest BCUT2D eigenvalue weighted by atomic mass is 79.9. The lowest BCUT2D eigenvalue weighted by Gasteiger charge is -2.18. The topological polar surface area (TPSA) is 50.1 Å². The molecule has 0 aromatic carbocycles. The number of hydrogen-bond acceptors (Lipinski definition) is 3. The minimum atomic E-state index is -0.324. The van der Waals surface area contributed by atoms with Crippen LogP contribution in [0.25, 0.3) is 0 Å². The lowest BCUT2D eigenvalue weighted by atomic mass is 10.0. The summed E-state index contributed by atoms with van der Waals surface area (Å²) >= 11 is 3.56. The van der Waals surface area contributed by atoms with Gasteiger partial charge in [0.05, 0.1) is 22.0 Å². The van der Waals surface area contributed by atoms with Crippen LogP contribution in [0.15, 0.2) is 4.47 Å². The number of halogens is 1. The van der Waals surface area contributed by atoms with Crippen molar-refractivity contribution in [2.45, 2.75) is 51.8 Å². The lowest BCUT2D eigenvalue weighted by molar-refractivity contribution is 0.133. The van der Waals surface area contributed by atoms with Gasteiger partial charge in [-0.1, -0.05) is 0 Å². The van der Waals surface area contributed by atoms with Crippen LogP contribution in [0.4, 0.5) is 0 Å². The average molecular weight is 302 g/mol. The zero-order valence-corrected chi connectivity index (χ0v) is 12.0. The molecule has 0 amide bonds. The zero-order chi connectivity index (χ0) is 12.4. The molecule has 2 heterocycles.